The smallest absolute Gasteiger partial charge is 0.317 e. The van der Waals surface area contributed by atoms with Gasteiger partial charge in [-0.3, -0.25) is 4.79 Å². The minimum atomic E-state index is -0.766. The highest BCUT2D eigenvalue weighted by Crippen LogP contribution is 2.12. The number of nitrogens with one attached hydrogen (secondary N) is 1. The standard InChI is InChI=1S/C16H33NO2.H2O/c1-15(2)12-10-8-6-4-3-5-7-9-11-13-17-14-16(18)19;/h15,17H,3-14H2,1-2H3,(H,18,19);1H2. The summed E-state index contributed by atoms with van der Waals surface area (Å²) in [6.45, 7) is 5.52. The quantitative estimate of drug-likeness (QED) is 0.481. The first kappa shape index (κ1) is 21.7. The van der Waals surface area contributed by atoms with Crippen LogP contribution in [0.25, 0.3) is 0 Å². The second-order valence-corrected chi connectivity index (χ2v) is 5.94. The Bertz CT molecular complexity index is 208. The Kier molecular flexibility index (Phi) is 17.8. The van der Waals surface area contributed by atoms with Crippen LogP contribution >= 0.6 is 0 Å². The molecule has 0 amide bonds. The van der Waals surface area contributed by atoms with Crippen LogP contribution in [-0.4, -0.2) is 29.6 Å². The number of carboxylic acid groups (broad SMARTS) is 1. The minimum Gasteiger partial charge on any atom is -0.480 e. The Morgan fingerprint density at radius 2 is 1.35 bits per heavy atom. The third-order valence-electron chi connectivity index (χ3n) is 3.41. The lowest BCUT2D eigenvalue weighted by Gasteiger charge is -2.05. The maximum Gasteiger partial charge on any atom is 0.317 e. The van der Waals surface area contributed by atoms with Gasteiger partial charge in [0.1, 0.15) is 0 Å². The fourth-order valence-electron chi connectivity index (χ4n) is 2.24. The van der Waals surface area contributed by atoms with Gasteiger partial charge in [0.05, 0.1) is 6.54 Å². The van der Waals surface area contributed by atoms with Gasteiger partial charge >= 0.3 is 5.97 Å². The van der Waals surface area contributed by atoms with Crippen LogP contribution in [0.1, 0.15) is 78.1 Å². The molecule has 20 heavy (non-hydrogen) atoms. The van der Waals surface area contributed by atoms with Crippen molar-refractivity contribution < 1.29 is 15.4 Å². The fourth-order valence-corrected chi connectivity index (χ4v) is 2.24. The van der Waals surface area contributed by atoms with E-state index in [-0.39, 0.29) is 12.0 Å². The lowest BCUT2D eigenvalue weighted by Crippen LogP contribution is -2.23. The van der Waals surface area contributed by atoms with Crippen LogP contribution in [0.5, 0.6) is 0 Å². The van der Waals surface area contributed by atoms with Gasteiger partial charge in [0, 0.05) is 0 Å². The molecule has 4 nitrogen and oxygen atoms in total. The van der Waals surface area contributed by atoms with Gasteiger partial charge in [-0.15, -0.1) is 0 Å². The molecule has 0 aromatic heterocycles. The van der Waals surface area contributed by atoms with Crippen molar-refractivity contribution in [1.82, 2.24) is 5.32 Å². The average molecular weight is 289 g/mol. The monoisotopic (exact) mass is 289 g/mol. The molecule has 0 radical (unpaired) electrons. The van der Waals surface area contributed by atoms with Crippen molar-refractivity contribution in [1.29, 1.82) is 0 Å². The zero-order valence-corrected chi connectivity index (χ0v) is 13.4. The molecule has 0 spiro atoms. The number of rotatable bonds is 14. The molecular formula is C16H35NO3. The number of hydrogen-bond donors (Lipinski definition) is 2. The molecule has 0 saturated carbocycles. The molecule has 0 rings (SSSR count). The number of unbranched alkanes of at least 4 members (excludes halogenated alkanes) is 8. The van der Waals surface area contributed by atoms with Gasteiger partial charge in [-0.2, -0.15) is 0 Å². The van der Waals surface area contributed by atoms with E-state index < -0.39 is 5.97 Å². The van der Waals surface area contributed by atoms with Crippen LogP contribution in [0.2, 0.25) is 0 Å². The molecule has 0 saturated heterocycles. The molecule has 0 bridgehead atoms. The Hall–Kier alpha value is -0.610. The Morgan fingerprint density at radius 3 is 1.80 bits per heavy atom. The first-order valence-electron chi connectivity index (χ1n) is 8.05. The Balaban J connectivity index is 0. The first-order valence-corrected chi connectivity index (χ1v) is 8.05. The summed E-state index contributed by atoms with van der Waals surface area (Å²) in [5.41, 5.74) is 0. The first-order chi connectivity index (χ1) is 9.13. The van der Waals surface area contributed by atoms with Crippen molar-refractivity contribution in [3.63, 3.8) is 0 Å². The molecule has 0 heterocycles. The fraction of sp³-hybridized carbons (Fsp3) is 0.938. The van der Waals surface area contributed by atoms with Crippen LogP contribution in [0.4, 0.5) is 0 Å². The SMILES string of the molecule is CC(C)CCCCCCCCCCCNCC(=O)O.O. The van der Waals surface area contributed by atoms with Gasteiger partial charge in [0.15, 0.2) is 0 Å². The van der Waals surface area contributed by atoms with Crippen LogP contribution in [0, 0.1) is 5.92 Å². The third kappa shape index (κ3) is 19.7. The highest BCUT2D eigenvalue weighted by Gasteiger charge is 1.96. The van der Waals surface area contributed by atoms with E-state index in [0.717, 1.165) is 18.9 Å². The van der Waals surface area contributed by atoms with Crippen LogP contribution in [0.15, 0.2) is 0 Å². The van der Waals surface area contributed by atoms with E-state index >= 15 is 0 Å². The summed E-state index contributed by atoms with van der Waals surface area (Å²) >= 11 is 0. The summed E-state index contributed by atoms with van der Waals surface area (Å²) in [5.74, 6) is 0.0900. The second kappa shape index (κ2) is 16.4. The summed E-state index contributed by atoms with van der Waals surface area (Å²) in [5, 5.41) is 11.4. The Labute approximate surface area is 124 Å². The largest absolute Gasteiger partial charge is 0.480 e. The Morgan fingerprint density at radius 1 is 0.900 bits per heavy atom. The van der Waals surface area contributed by atoms with Crippen molar-refractivity contribution in [2.45, 2.75) is 78.1 Å². The van der Waals surface area contributed by atoms with E-state index in [1.54, 1.807) is 0 Å². The van der Waals surface area contributed by atoms with Gasteiger partial charge < -0.3 is 15.9 Å². The number of hydrogen-bond acceptors (Lipinski definition) is 2. The van der Waals surface area contributed by atoms with Crippen LogP contribution < -0.4 is 5.32 Å². The highest BCUT2D eigenvalue weighted by molar-refractivity contribution is 5.68. The van der Waals surface area contributed by atoms with Gasteiger partial charge in [-0.05, 0) is 18.9 Å². The molecule has 0 fully saturated rings. The van der Waals surface area contributed by atoms with E-state index in [0.29, 0.717) is 0 Å². The molecule has 0 aliphatic heterocycles. The maximum absolute atomic E-state index is 10.3. The van der Waals surface area contributed by atoms with Gasteiger partial charge in [-0.25, -0.2) is 0 Å². The molecular weight excluding hydrogens is 254 g/mol. The zero-order chi connectivity index (χ0) is 14.3. The van der Waals surface area contributed by atoms with Crippen molar-refractivity contribution in [2.24, 2.45) is 5.92 Å². The van der Waals surface area contributed by atoms with Crippen LogP contribution in [0.3, 0.4) is 0 Å². The van der Waals surface area contributed by atoms with E-state index in [4.69, 9.17) is 5.11 Å². The van der Waals surface area contributed by atoms with Crippen molar-refractivity contribution in [3.8, 4) is 0 Å². The van der Waals surface area contributed by atoms with Crippen molar-refractivity contribution in [3.05, 3.63) is 0 Å². The lowest BCUT2D eigenvalue weighted by atomic mass is 10.0. The summed E-state index contributed by atoms with van der Waals surface area (Å²) in [6.07, 6.45) is 13.3. The van der Waals surface area contributed by atoms with Crippen LogP contribution in [-0.2, 0) is 4.79 Å². The molecule has 0 aliphatic carbocycles. The summed E-state index contributed by atoms with van der Waals surface area (Å²) in [7, 11) is 0. The van der Waals surface area contributed by atoms with E-state index in [1.807, 2.05) is 0 Å². The molecule has 0 aliphatic rings. The summed E-state index contributed by atoms with van der Waals surface area (Å²) in [6, 6.07) is 0. The van der Waals surface area contributed by atoms with E-state index in [2.05, 4.69) is 19.2 Å². The lowest BCUT2D eigenvalue weighted by molar-refractivity contribution is -0.135. The normalized spacial score (nSPS) is 10.6. The van der Waals surface area contributed by atoms with Gasteiger partial charge in [0.25, 0.3) is 0 Å². The third-order valence-corrected chi connectivity index (χ3v) is 3.41. The predicted octanol–water partition coefficient (Wildman–Crippen LogP) is 3.39. The molecule has 0 atom stereocenters. The number of carboxylic acids is 1. The molecule has 4 N–H and O–H groups in total. The topological polar surface area (TPSA) is 80.8 Å². The van der Waals surface area contributed by atoms with Gasteiger partial charge in [0.2, 0.25) is 0 Å². The molecule has 122 valence electrons. The van der Waals surface area contributed by atoms with Crippen molar-refractivity contribution in [2.75, 3.05) is 13.1 Å². The summed E-state index contributed by atoms with van der Waals surface area (Å²) in [4.78, 5) is 10.3. The summed E-state index contributed by atoms with van der Waals surface area (Å²) < 4.78 is 0. The zero-order valence-electron chi connectivity index (χ0n) is 13.4. The van der Waals surface area contributed by atoms with E-state index in [9.17, 15) is 4.79 Å². The molecule has 0 aromatic carbocycles. The van der Waals surface area contributed by atoms with Crippen molar-refractivity contribution >= 4 is 5.97 Å². The predicted molar refractivity (Wildman–Crippen MR) is 85.1 cm³/mol. The molecule has 0 aromatic rings. The van der Waals surface area contributed by atoms with E-state index in [1.165, 1.54) is 57.8 Å². The number of aliphatic carboxylic acids is 1. The average Bonchev–Trinajstić information content (AvgIpc) is 2.34. The second-order valence-electron chi connectivity index (χ2n) is 5.94. The minimum absolute atomic E-state index is 0. The molecule has 4 heteroatoms. The highest BCUT2D eigenvalue weighted by atomic mass is 16.4. The maximum atomic E-state index is 10.3. The number of carbonyl (C=O) groups is 1. The van der Waals surface area contributed by atoms with Gasteiger partial charge in [-0.1, -0.05) is 71.6 Å². The molecule has 0 unspecified atom stereocenters.